The molecule has 2 N–H and O–H groups in total. The molecule has 2 aromatic rings. The Morgan fingerprint density at radius 3 is 2.54 bits per heavy atom. The molecule has 9 nitrogen and oxygen atoms in total. The lowest BCUT2D eigenvalue weighted by Gasteiger charge is -2.42. The van der Waals surface area contributed by atoms with Crippen LogP contribution in [0.5, 0.6) is 0 Å². The first-order chi connectivity index (χ1) is 17.8. The van der Waals surface area contributed by atoms with E-state index in [1.165, 1.54) is 6.42 Å². The predicted molar refractivity (Wildman–Crippen MR) is 142 cm³/mol. The summed E-state index contributed by atoms with van der Waals surface area (Å²) in [6.07, 6.45) is 8.90. The number of pyridine rings is 1. The van der Waals surface area contributed by atoms with E-state index in [-0.39, 0.29) is 29.2 Å². The number of carbonyl (C=O) groups is 2. The van der Waals surface area contributed by atoms with Gasteiger partial charge in [-0.1, -0.05) is 40.0 Å². The summed E-state index contributed by atoms with van der Waals surface area (Å²) in [6.45, 7) is 8.82. The third-order valence-electron chi connectivity index (χ3n) is 8.73. The van der Waals surface area contributed by atoms with Gasteiger partial charge in [0.05, 0.1) is 31.1 Å². The number of nitrogens with zero attached hydrogens (tertiary/aromatic N) is 4. The van der Waals surface area contributed by atoms with E-state index < -0.39 is 6.04 Å². The van der Waals surface area contributed by atoms with Gasteiger partial charge in [-0.3, -0.25) is 14.3 Å². The Kier molecular flexibility index (Phi) is 7.25. The highest BCUT2D eigenvalue weighted by atomic mass is 16.5. The first-order valence-corrected chi connectivity index (χ1v) is 13.7. The molecular formula is C28H40N6O3. The van der Waals surface area contributed by atoms with Crippen molar-refractivity contribution in [3.8, 4) is 0 Å². The fourth-order valence-corrected chi connectivity index (χ4v) is 6.01. The van der Waals surface area contributed by atoms with Crippen molar-refractivity contribution in [3.05, 3.63) is 36.3 Å². The van der Waals surface area contributed by atoms with Crippen molar-refractivity contribution in [1.29, 1.82) is 0 Å². The lowest BCUT2D eigenvalue weighted by Crippen LogP contribution is -2.54. The molecule has 0 bridgehead atoms. The SMILES string of the molecule is CC(C)[C@H]1COCCN1c1ccc(NC(=O)[C@@H](NC(=O)c2ccnn2C)C(C2CCC2)C2(C)CC2)cn1. The molecule has 0 spiro atoms. The van der Waals surface area contributed by atoms with Crippen molar-refractivity contribution in [1.82, 2.24) is 20.1 Å². The van der Waals surface area contributed by atoms with Gasteiger partial charge in [0.15, 0.2) is 0 Å². The van der Waals surface area contributed by atoms with Gasteiger partial charge in [0, 0.05) is 19.8 Å². The summed E-state index contributed by atoms with van der Waals surface area (Å²) < 4.78 is 7.23. The van der Waals surface area contributed by atoms with Crippen LogP contribution in [0.1, 0.15) is 63.4 Å². The topological polar surface area (TPSA) is 101 Å². The van der Waals surface area contributed by atoms with E-state index >= 15 is 0 Å². The van der Waals surface area contributed by atoms with Crippen LogP contribution in [0.2, 0.25) is 0 Å². The number of hydrogen-bond acceptors (Lipinski definition) is 6. The number of hydrogen-bond donors (Lipinski definition) is 2. The van der Waals surface area contributed by atoms with Crippen LogP contribution in [-0.4, -0.2) is 58.4 Å². The average molecular weight is 509 g/mol. The molecule has 0 aromatic carbocycles. The van der Waals surface area contributed by atoms with Gasteiger partial charge < -0.3 is 20.3 Å². The van der Waals surface area contributed by atoms with E-state index in [4.69, 9.17) is 4.74 Å². The zero-order valence-corrected chi connectivity index (χ0v) is 22.4. The highest BCUT2D eigenvalue weighted by Gasteiger charge is 2.54. The molecule has 3 atom stereocenters. The van der Waals surface area contributed by atoms with Crippen molar-refractivity contribution < 1.29 is 14.3 Å². The summed E-state index contributed by atoms with van der Waals surface area (Å²) in [5.41, 5.74) is 1.16. The van der Waals surface area contributed by atoms with Crippen LogP contribution in [0.4, 0.5) is 11.5 Å². The monoisotopic (exact) mass is 508 g/mol. The lowest BCUT2D eigenvalue weighted by atomic mass is 9.66. The summed E-state index contributed by atoms with van der Waals surface area (Å²) >= 11 is 0. The van der Waals surface area contributed by atoms with Gasteiger partial charge in [-0.05, 0) is 54.2 Å². The number of ether oxygens (including phenoxy) is 1. The fourth-order valence-electron chi connectivity index (χ4n) is 6.01. The second-order valence-corrected chi connectivity index (χ2v) is 11.6. The quantitative estimate of drug-likeness (QED) is 0.536. The second-order valence-electron chi connectivity index (χ2n) is 11.6. The lowest BCUT2D eigenvalue weighted by molar-refractivity contribution is -0.121. The van der Waals surface area contributed by atoms with E-state index in [1.54, 1.807) is 30.2 Å². The molecule has 200 valence electrons. The van der Waals surface area contributed by atoms with Crippen LogP contribution in [0.15, 0.2) is 30.6 Å². The predicted octanol–water partition coefficient (Wildman–Crippen LogP) is 3.63. The zero-order valence-electron chi connectivity index (χ0n) is 22.4. The van der Waals surface area contributed by atoms with Crippen molar-refractivity contribution in [2.75, 3.05) is 30.0 Å². The van der Waals surface area contributed by atoms with Crippen molar-refractivity contribution in [2.24, 2.45) is 30.2 Å². The maximum atomic E-state index is 13.8. The minimum atomic E-state index is -0.621. The van der Waals surface area contributed by atoms with Gasteiger partial charge in [0.2, 0.25) is 5.91 Å². The maximum absolute atomic E-state index is 13.8. The molecule has 5 rings (SSSR count). The molecule has 3 fully saturated rings. The maximum Gasteiger partial charge on any atom is 0.270 e. The third kappa shape index (κ3) is 5.37. The number of aromatic nitrogens is 3. The molecule has 37 heavy (non-hydrogen) atoms. The van der Waals surface area contributed by atoms with Gasteiger partial charge >= 0.3 is 0 Å². The van der Waals surface area contributed by atoms with Crippen molar-refractivity contribution in [3.63, 3.8) is 0 Å². The van der Waals surface area contributed by atoms with Crippen LogP contribution < -0.4 is 15.5 Å². The third-order valence-corrected chi connectivity index (χ3v) is 8.73. The van der Waals surface area contributed by atoms with Gasteiger partial charge in [0.25, 0.3) is 5.91 Å². The van der Waals surface area contributed by atoms with Crippen LogP contribution in [0.25, 0.3) is 0 Å². The zero-order chi connectivity index (χ0) is 26.2. The molecule has 1 unspecified atom stereocenters. The van der Waals surface area contributed by atoms with Crippen LogP contribution >= 0.6 is 0 Å². The fraction of sp³-hybridized carbons (Fsp3) is 0.643. The molecule has 2 amide bonds. The normalized spacial score (nSPS) is 22.7. The largest absolute Gasteiger partial charge is 0.377 e. The Morgan fingerprint density at radius 2 is 1.97 bits per heavy atom. The second kappa shape index (κ2) is 10.4. The summed E-state index contributed by atoms with van der Waals surface area (Å²) in [5, 5.41) is 10.3. The van der Waals surface area contributed by atoms with E-state index in [1.807, 2.05) is 12.1 Å². The minimum Gasteiger partial charge on any atom is -0.377 e. The van der Waals surface area contributed by atoms with E-state index in [0.717, 1.165) is 38.0 Å². The molecule has 3 heterocycles. The number of morpholine rings is 1. The molecule has 9 heteroatoms. The molecule has 3 aliphatic rings. The molecule has 2 aliphatic carbocycles. The summed E-state index contributed by atoms with van der Waals surface area (Å²) in [4.78, 5) is 34.0. The van der Waals surface area contributed by atoms with E-state index in [2.05, 4.69) is 46.4 Å². The van der Waals surface area contributed by atoms with Crippen molar-refractivity contribution >= 4 is 23.3 Å². The number of anilines is 2. The van der Waals surface area contributed by atoms with Gasteiger partial charge in [-0.2, -0.15) is 5.10 Å². The van der Waals surface area contributed by atoms with Crippen LogP contribution in [-0.2, 0) is 16.6 Å². The smallest absolute Gasteiger partial charge is 0.270 e. The Hall–Kier alpha value is -2.94. The Morgan fingerprint density at radius 1 is 1.19 bits per heavy atom. The first kappa shape index (κ1) is 25.7. The average Bonchev–Trinajstić information content (AvgIpc) is 3.45. The summed E-state index contributed by atoms with van der Waals surface area (Å²) in [7, 11) is 1.74. The molecular weight excluding hydrogens is 468 g/mol. The number of aryl methyl sites for hydroxylation is 1. The molecule has 2 saturated carbocycles. The highest BCUT2D eigenvalue weighted by Crippen LogP contribution is 2.58. The Balaban J connectivity index is 1.35. The van der Waals surface area contributed by atoms with Crippen LogP contribution in [0.3, 0.4) is 0 Å². The van der Waals surface area contributed by atoms with Gasteiger partial charge in [0.1, 0.15) is 17.6 Å². The van der Waals surface area contributed by atoms with E-state index in [0.29, 0.717) is 36.4 Å². The van der Waals surface area contributed by atoms with Crippen molar-refractivity contribution in [2.45, 2.75) is 65.0 Å². The van der Waals surface area contributed by atoms with E-state index in [9.17, 15) is 9.59 Å². The minimum absolute atomic E-state index is 0.0805. The number of nitrogens with one attached hydrogen (secondary N) is 2. The summed E-state index contributed by atoms with van der Waals surface area (Å²) in [6, 6.07) is 5.20. The highest BCUT2D eigenvalue weighted by molar-refractivity contribution is 6.00. The Labute approximate surface area is 219 Å². The summed E-state index contributed by atoms with van der Waals surface area (Å²) in [5.74, 6) is 1.43. The first-order valence-electron chi connectivity index (χ1n) is 13.7. The molecule has 0 radical (unpaired) electrons. The van der Waals surface area contributed by atoms with Gasteiger partial charge in [-0.25, -0.2) is 4.98 Å². The van der Waals surface area contributed by atoms with Gasteiger partial charge in [-0.15, -0.1) is 0 Å². The molecule has 1 aliphatic heterocycles. The molecule has 1 saturated heterocycles. The number of carbonyl (C=O) groups excluding carboxylic acids is 2. The van der Waals surface area contributed by atoms with Crippen LogP contribution in [0, 0.1) is 23.2 Å². The standard InChI is InChI=1S/C28H40N6O3/c1-18(2)22-17-37-15-14-34(22)23-9-8-20(16-29-23)31-27(36)25(32-26(35)21-10-13-30-33(21)4)24(19-6-5-7-19)28(3)11-12-28/h8-10,13,16,18-19,22,24-25H,5-7,11-12,14-15,17H2,1-4H3,(H,31,36)(H,32,35)/t22-,24?,25+/m1/s1. The number of rotatable bonds is 9. The number of amides is 2. The molecule has 2 aromatic heterocycles. The Bertz CT molecular complexity index is 1110.